The normalized spacial score (nSPS) is 19.2. The smallest absolute Gasteiger partial charge is 0.315 e. The molecule has 0 radical (unpaired) electrons. The third kappa shape index (κ3) is 1.07. The Hall–Kier alpha value is -0.770. The molecule has 0 aromatic heterocycles. The zero-order valence-electron chi connectivity index (χ0n) is 5.25. The Morgan fingerprint density at radius 1 is 1.60 bits per heavy atom. The first-order valence-corrected chi connectivity index (χ1v) is 2.84. The monoisotopic (exact) mass is 202 g/mol. The van der Waals surface area contributed by atoms with Crippen molar-refractivity contribution in [3.8, 4) is 0 Å². The number of ether oxygens (including phenoxy) is 1. The summed E-state index contributed by atoms with van der Waals surface area (Å²) in [5, 5.41) is 0. The van der Waals surface area contributed by atoms with Crippen molar-refractivity contribution in [2.24, 2.45) is 0 Å². The van der Waals surface area contributed by atoms with Crippen molar-refractivity contribution in [2.75, 3.05) is 6.54 Å². The largest absolute Gasteiger partial charge is 1.00 e. The van der Waals surface area contributed by atoms with E-state index in [-0.39, 0.29) is 17.0 Å². The Morgan fingerprint density at radius 2 is 2.50 bits per heavy atom. The van der Waals surface area contributed by atoms with Crippen LogP contribution in [-0.2, 0) is 4.74 Å². The number of rotatable bonds is 0. The summed E-state index contributed by atoms with van der Waals surface area (Å²) in [6.07, 6.45) is 7.21. The maximum atomic E-state index is 4.92. The van der Waals surface area contributed by atoms with Gasteiger partial charge in [-0.15, -0.1) is 0 Å². The molecule has 2 rings (SSSR count). The van der Waals surface area contributed by atoms with Crippen molar-refractivity contribution in [2.45, 2.75) is 0 Å². The standard InChI is InChI=1S/C6H6N2O.BrH/c1-2-8-3-4-9-5-6(8)7-1;/h1,3-5H,2H2;1H. The molecule has 54 valence electrons. The molecule has 3 nitrogen and oxygen atoms in total. The first-order valence-electron chi connectivity index (χ1n) is 2.84. The zero-order chi connectivity index (χ0) is 6.10. The van der Waals surface area contributed by atoms with Gasteiger partial charge in [0.05, 0.1) is 0 Å². The van der Waals surface area contributed by atoms with E-state index in [4.69, 9.17) is 4.74 Å². The van der Waals surface area contributed by atoms with Crippen LogP contribution in [0.1, 0.15) is 0 Å². The maximum absolute atomic E-state index is 4.92. The molecule has 4 heteroatoms. The lowest BCUT2D eigenvalue weighted by Crippen LogP contribution is -3.00. The Bertz CT molecular complexity index is 210. The van der Waals surface area contributed by atoms with Crippen LogP contribution in [0.25, 0.3) is 0 Å². The first-order chi connectivity index (χ1) is 4.47. The predicted octanol–water partition coefficient (Wildman–Crippen LogP) is -4.24. The summed E-state index contributed by atoms with van der Waals surface area (Å²) in [5.74, 6) is 1.01. The van der Waals surface area contributed by atoms with E-state index >= 15 is 0 Å². The summed E-state index contributed by atoms with van der Waals surface area (Å²) >= 11 is 0. The lowest BCUT2D eigenvalue weighted by atomic mass is 10.6. The molecule has 1 N–H and O–H groups in total. The molecule has 0 spiro atoms. The fourth-order valence-corrected chi connectivity index (χ4v) is 0.885. The minimum atomic E-state index is 0. The van der Waals surface area contributed by atoms with Crippen molar-refractivity contribution in [3.05, 3.63) is 24.5 Å². The minimum Gasteiger partial charge on any atom is -1.00 e. The summed E-state index contributed by atoms with van der Waals surface area (Å²) in [5.41, 5.74) is 0. The number of halogens is 1. The summed E-state index contributed by atoms with van der Waals surface area (Å²) in [7, 11) is 0. The van der Waals surface area contributed by atoms with Crippen molar-refractivity contribution < 1.29 is 26.7 Å². The number of hydrogen-bond acceptors (Lipinski definition) is 2. The average molecular weight is 203 g/mol. The van der Waals surface area contributed by atoms with Crippen molar-refractivity contribution in [3.63, 3.8) is 0 Å². The highest BCUT2D eigenvalue weighted by atomic mass is 79.9. The molecule has 0 saturated heterocycles. The Labute approximate surface area is 69.5 Å². The molecule has 0 aromatic rings. The molecular formula is C6H7BrN2O. The van der Waals surface area contributed by atoms with Gasteiger partial charge in [-0.2, -0.15) is 0 Å². The highest BCUT2D eigenvalue weighted by Crippen LogP contribution is 2.03. The summed E-state index contributed by atoms with van der Waals surface area (Å²) in [6.45, 7) is 0.922. The summed E-state index contributed by atoms with van der Waals surface area (Å²) < 4.78 is 4.92. The van der Waals surface area contributed by atoms with Gasteiger partial charge in [-0.25, -0.2) is 9.89 Å². The Morgan fingerprint density at radius 3 is 3.30 bits per heavy atom. The number of fused-ring (bicyclic) bond motifs is 1. The summed E-state index contributed by atoms with van der Waals surface area (Å²) in [6, 6.07) is 0. The van der Waals surface area contributed by atoms with Gasteiger partial charge in [0.2, 0.25) is 0 Å². The van der Waals surface area contributed by atoms with E-state index < -0.39 is 0 Å². The predicted molar refractivity (Wildman–Crippen MR) is 32.0 cm³/mol. The van der Waals surface area contributed by atoms with Crippen LogP contribution in [0.2, 0.25) is 0 Å². The van der Waals surface area contributed by atoms with Crippen LogP contribution < -0.4 is 22.0 Å². The van der Waals surface area contributed by atoms with E-state index in [1.54, 1.807) is 12.5 Å². The van der Waals surface area contributed by atoms with Crippen LogP contribution in [0.4, 0.5) is 0 Å². The quantitative estimate of drug-likeness (QED) is 0.431. The molecule has 2 aliphatic heterocycles. The molecule has 0 aromatic carbocycles. The van der Waals surface area contributed by atoms with Crippen LogP contribution in [0.15, 0.2) is 24.5 Å². The Balaban J connectivity index is 0.000000500. The maximum Gasteiger partial charge on any atom is 0.315 e. The molecule has 0 unspecified atom stereocenters. The molecule has 2 heterocycles. The lowest BCUT2D eigenvalue weighted by Gasteiger charge is -2.06. The second kappa shape index (κ2) is 2.88. The molecular weight excluding hydrogens is 196 g/mol. The van der Waals surface area contributed by atoms with E-state index in [2.05, 4.69) is 9.89 Å². The van der Waals surface area contributed by atoms with Crippen LogP contribution >= 0.6 is 0 Å². The lowest BCUT2D eigenvalue weighted by molar-refractivity contribution is -0.401. The molecule has 2 aliphatic rings. The third-order valence-corrected chi connectivity index (χ3v) is 1.35. The molecule has 10 heavy (non-hydrogen) atoms. The van der Waals surface area contributed by atoms with Gasteiger partial charge in [0.1, 0.15) is 25.2 Å². The Kier molecular flexibility index (Phi) is 2.11. The average Bonchev–Trinajstić information content (AvgIpc) is 2.33. The molecule has 0 aliphatic carbocycles. The minimum absolute atomic E-state index is 0. The van der Waals surface area contributed by atoms with Crippen LogP contribution in [0.5, 0.6) is 0 Å². The van der Waals surface area contributed by atoms with E-state index in [1.807, 2.05) is 12.4 Å². The van der Waals surface area contributed by atoms with Gasteiger partial charge in [-0.3, -0.25) is 0 Å². The van der Waals surface area contributed by atoms with Gasteiger partial charge in [0.15, 0.2) is 6.26 Å². The first kappa shape index (κ1) is 7.34. The van der Waals surface area contributed by atoms with E-state index in [0.29, 0.717) is 0 Å². The summed E-state index contributed by atoms with van der Waals surface area (Å²) in [4.78, 5) is 5.10. The number of nitrogens with zero attached hydrogens (tertiary/aromatic N) is 1. The van der Waals surface area contributed by atoms with Crippen molar-refractivity contribution in [1.29, 1.82) is 0 Å². The van der Waals surface area contributed by atoms with E-state index in [0.717, 1.165) is 12.4 Å². The van der Waals surface area contributed by atoms with Crippen molar-refractivity contribution in [1.82, 2.24) is 4.90 Å². The van der Waals surface area contributed by atoms with Crippen LogP contribution in [0.3, 0.4) is 0 Å². The SMILES string of the molecule is C1=CN2CC=[NH+]C2=CO1.[Br-]. The van der Waals surface area contributed by atoms with E-state index in [9.17, 15) is 0 Å². The van der Waals surface area contributed by atoms with E-state index in [1.165, 1.54) is 0 Å². The van der Waals surface area contributed by atoms with Gasteiger partial charge in [0, 0.05) is 0 Å². The second-order valence-corrected chi connectivity index (χ2v) is 1.93. The second-order valence-electron chi connectivity index (χ2n) is 1.93. The van der Waals surface area contributed by atoms with Gasteiger partial charge in [0.25, 0.3) is 0 Å². The highest BCUT2D eigenvalue weighted by molar-refractivity contribution is 5.56. The van der Waals surface area contributed by atoms with Gasteiger partial charge >= 0.3 is 5.82 Å². The fourth-order valence-electron chi connectivity index (χ4n) is 0.885. The van der Waals surface area contributed by atoms with Crippen LogP contribution in [0, 0.1) is 0 Å². The molecule has 0 atom stereocenters. The zero-order valence-corrected chi connectivity index (χ0v) is 6.84. The van der Waals surface area contributed by atoms with Gasteiger partial charge in [-0.05, 0) is 0 Å². The van der Waals surface area contributed by atoms with Gasteiger partial charge in [-0.1, -0.05) is 0 Å². The molecule has 0 bridgehead atoms. The van der Waals surface area contributed by atoms with Gasteiger partial charge < -0.3 is 21.7 Å². The molecule has 0 amide bonds. The molecule has 0 fully saturated rings. The number of hydrogen-bond donors (Lipinski definition) is 1. The number of nitrogens with one attached hydrogen (secondary N) is 1. The topological polar surface area (TPSA) is 26.4 Å². The van der Waals surface area contributed by atoms with Crippen molar-refractivity contribution >= 4 is 6.21 Å². The van der Waals surface area contributed by atoms with Crippen LogP contribution in [-0.4, -0.2) is 17.7 Å². The highest BCUT2D eigenvalue weighted by Gasteiger charge is 2.20. The fraction of sp³-hybridized carbons (Fsp3) is 0.167. The third-order valence-electron chi connectivity index (χ3n) is 1.35. The molecule has 0 saturated carbocycles.